The first-order valence-electron chi connectivity index (χ1n) is 14.7. The van der Waals surface area contributed by atoms with Gasteiger partial charge in [-0.3, -0.25) is 9.59 Å². The standard InChI is InChI=1S/C32H39N3O4.C2HF3O2/c1-23(2)20-28(34-30(36)27(33)19-18-24-12-6-3-7-13-24)31(37)35-29(21-25-14-8-4-9-15-25)32(38)39-22-26-16-10-5-11-17-26;3-2(4,5)1(6)7/h3-17,23,27-29H,18-22,33H2,1-2H3,(H,34,36)(H,35,37);(H,6,7)/t27-,28+,29+;/m1./s1. The van der Waals surface area contributed by atoms with Gasteiger partial charge in [0.15, 0.2) is 0 Å². The zero-order valence-corrected chi connectivity index (χ0v) is 25.7. The fourth-order valence-corrected chi connectivity index (χ4v) is 4.22. The third-order valence-electron chi connectivity index (χ3n) is 6.61. The molecule has 0 radical (unpaired) electrons. The maximum atomic E-state index is 13.4. The number of benzene rings is 3. The summed E-state index contributed by atoms with van der Waals surface area (Å²) in [4.78, 5) is 48.3. The number of amides is 2. The van der Waals surface area contributed by atoms with Gasteiger partial charge in [-0.2, -0.15) is 13.2 Å². The third-order valence-corrected chi connectivity index (χ3v) is 6.61. The second-order valence-corrected chi connectivity index (χ2v) is 11.0. The number of ether oxygens (including phenoxy) is 1. The molecular weight excluding hydrogens is 603 g/mol. The molecule has 0 saturated carbocycles. The van der Waals surface area contributed by atoms with E-state index in [0.717, 1.165) is 16.7 Å². The molecule has 0 aliphatic rings. The second-order valence-electron chi connectivity index (χ2n) is 11.0. The van der Waals surface area contributed by atoms with Crippen molar-refractivity contribution in [2.75, 3.05) is 0 Å². The third kappa shape index (κ3) is 14.4. The zero-order valence-electron chi connectivity index (χ0n) is 25.7. The monoisotopic (exact) mass is 643 g/mol. The van der Waals surface area contributed by atoms with Crippen LogP contribution in [0.2, 0.25) is 0 Å². The number of esters is 1. The molecule has 0 bridgehead atoms. The molecule has 3 aromatic rings. The number of nitrogens with two attached hydrogens (primary N) is 1. The normalized spacial score (nSPS) is 12.9. The first-order chi connectivity index (χ1) is 21.8. The molecule has 9 nitrogen and oxygen atoms in total. The van der Waals surface area contributed by atoms with Gasteiger partial charge in [0.25, 0.3) is 0 Å². The average Bonchev–Trinajstić information content (AvgIpc) is 3.02. The van der Waals surface area contributed by atoms with Gasteiger partial charge < -0.3 is 26.2 Å². The summed E-state index contributed by atoms with van der Waals surface area (Å²) in [6, 6.07) is 26.1. The molecule has 0 heterocycles. The van der Waals surface area contributed by atoms with Crippen LogP contribution in [0.15, 0.2) is 91.0 Å². The van der Waals surface area contributed by atoms with E-state index in [0.29, 0.717) is 19.3 Å². The van der Waals surface area contributed by atoms with Gasteiger partial charge in [-0.15, -0.1) is 0 Å². The smallest absolute Gasteiger partial charge is 0.475 e. The molecule has 2 amide bonds. The number of nitrogens with one attached hydrogen (secondary N) is 2. The van der Waals surface area contributed by atoms with E-state index < -0.39 is 48.1 Å². The minimum Gasteiger partial charge on any atom is -0.475 e. The van der Waals surface area contributed by atoms with Gasteiger partial charge in [-0.25, -0.2) is 9.59 Å². The van der Waals surface area contributed by atoms with Gasteiger partial charge in [0.1, 0.15) is 18.7 Å². The quantitative estimate of drug-likeness (QED) is 0.188. The molecule has 3 rings (SSSR count). The summed E-state index contributed by atoms with van der Waals surface area (Å²) in [5.41, 5.74) is 9.00. The van der Waals surface area contributed by atoms with Crippen molar-refractivity contribution in [1.29, 1.82) is 0 Å². The number of carbonyl (C=O) groups is 4. The van der Waals surface area contributed by atoms with Gasteiger partial charge in [0, 0.05) is 6.42 Å². The highest BCUT2D eigenvalue weighted by Crippen LogP contribution is 2.13. The summed E-state index contributed by atoms with van der Waals surface area (Å²) in [5, 5.41) is 12.8. The van der Waals surface area contributed by atoms with Crippen LogP contribution in [0.5, 0.6) is 0 Å². The topological polar surface area (TPSA) is 148 Å². The maximum absolute atomic E-state index is 13.4. The molecule has 0 saturated heterocycles. The van der Waals surface area contributed by atoms with Gasteiger partial charge >= 0.3 is 18.1 Å². The Morgan fingerprint density at radius 3 is 1.70 bits per heavy atom. The summed E-state index contributed by atoms with van der Waals surface area (Å²) >= 11 is 0. The summed E-state index contributed by atoms with van der Waals surface area (Å²) in [7, 11) is 0. The lowest BCUT2D eigenvalue weighted by molar-refractivity contribution is -0.192. The molecule has 3 aromatic carbocycles. The molecule has 46 heavy (non-hydrogen) atoms. The van der Waals surface area contributed by atoms with E-state index >= 15 is 0 Å². The predicted octanol–water partition coefficient (Wildman–Crippen LogP) is 4.58. The molecule has 0 aromatic heterocycles. The number of carboxylic acid groups (broad SMARTS) is 1. The Bertz CT molecular complexity index is 1370. The van der Waals surface area contributed by atoms with Crippen LogP contribution in [0, 0.1) is 5.92 Å². The SMILES string of the molecule is CC(C)C[C@H](NC(=O)[C@H](N)CCc1ccccc1)C(=O)N[C@@H](Cc1ccccc1)C(=O)OCc1ccccc1.O=C(O)C(F)(F)F. The molecule has 5 N–H and O–H groups in total. The Morgan fingerprint density at radius 1 is 0.761 bits per heavy atom. The van der Waals surface area contributed by atoms with Crippen molar-refractivity contribution in [1.82, 2.24) is 10.6 Å². The predicted molar refractivity (Wildman–Crippen MR) is 166 cm³/mol. The Labute approximate surface area is 266 Å². The lowest BCUT2D eigenvalue weighted by atomic mass is 10.00. The van der Waals surface area contributed by atoms with Crippen LogP contribution in [0.3, 0.4) is 0 Å². The van der Waals surface area contributed by atoms with Gasteiger partial charge in [0.2, 0.25) is 11.8 Å². The van der Waals surface area contributed by atoms with Gasteiger partial charge in [0.05, 0.1) is 6.04 Å². The summed E-state index contributed by atoms with van der Waals surface area (Å²) in [5.74, 6) is -4.00. The van der Waals surface area contributed by atoms with Crippen LogP contribution >= 0.6 is 0 Å². The van der Waals surface area contributed by atoms with Crippen LogP contribution in [0.4, 0.5) is 13.2 Å². The van der Waals surface area contributed by atoms with E-state index in [9.17, 15) is 27.6 Å². The number of rotatable bonds is 14. The van der Waals surface area contributed by atoms with Crippen molar-refractivity contribution < 1.29 is 42.2 Å². The molecule has 248 valence electrons. The Balaban J connectivity index is 0.000000942. The molecule has 0 aliphatic heterocycles. The molecule has 12 heteroatoms. The van der Waals surface area contributed by atoms with Crippen molar-refractivity contribution in [3.8, 4) is 0 Å². The van der Waals surface area contributed by atoms with Crippen molar-refractivity contribution in [3.63, 3.8) is 0 Å². The number of alkyl halides is 3. The molecular formula is C34H40F3N3O6. The minimum absolute atomic E-state index is 0.100. The highest BCUT2D eigenvalue weighted by molar-refractivity contribution is 5.92. The zero-order chi connectivity index (χ0) is 34.1. The fraction of sp³-hybridized carbons (Fsp3) is 0.353. The van der Waals surface area contributed by atoms with Crippen LogP contribution in [0.25, 0.3) is 0 Å². The lowest BCUT2D eigenvalue weighted by Gasteiger charge is -2.25. The Hall–Kier alpha value is -4.71. The number of halogens is 3. The maximum Gasteiger partial charge on any atom is 0.490 e. The van der Waals surface area contributed by atoms with Crippen LogP contribution < -0.4 is 16.4 Å². The number of hydrogen-bond acceptors (Lipinski definition) is 6. The first kappa shape index (κ1) is 37.5. The van der Waals surface area contributed by atoms with Crippen LogP contribution in [-0.4, -0.2) is 53.2 Å². The highest BCUT2D eigenvalue weighted by atomic mass is 19.4. The van der Waals surface area contributed by atoms with E-state index in [1.165, 1.54) is 0 Å². The largest absolute Gasteiger partial charge is 0.490 e. The summed E-state index contributed by atoms with van der Waals surface area (Å²) in [6.45, 7) is 4.04. The van der Waals surface area contributed by atoms with Crippen molar-refractivity contribution in [2.24, 2.45) is 11.7 Å². The van der Waals surface area contributed by atoms with Gasteiger partial charge in [-0.05, 0) is 41.9 Å². The van der Waals surface area contributed by atoms with Crippen molar-refractivity contribution in [2.45, 2.75) is 70.4 Å². The number of carboxylic acids is 1. The van der Waals surface area contributed by atoms with E-state index in [2.05, 4.69) is 10.6 Å². The van der Waals surface area contributed by atoms with E-state index in [1.54, 1.807) is 0 Å². The van der Waals surface area contributed by atoms with Crippen molar-refractivity contribution in [3.05, 3.63) is 108 Å². The number of hydrogen-bond donors (Lipinski definition) is 4. The van der Waals surface area contributed by atoms with Crippen LogP contribution in [0.1, 0.15) is 43.4 Å². The van der Waals surface area contributed by atoms with Gasteiger partial charge in [-0.1, -0.05) is 105 Å². The first-order valence-corrected chi connectivity index (χ1v) is 14.7. The van der Waals surface area contributed by atoms with Crippen LogP contribution in [-0.2, 0) is 43.4 Å². The highest BCUT2D eigenvalue weighted by Gasteiger charge is 2.38. The molecule has 3 atom stereocenters. The number of aliphatic carboxylic acids is 1. The molecule has 0 spiro atoms. The second kappa shape index (κ2) is 18.9. The minimum atomic E-state index is -5.08. The summed E-state index contributed by atoms with van der Waals surface area (Å²) in [6.07, 6.45) is -3.31. The molecule has 0 unspecified atom stereocenters. The Morgan fingerprint density at radius 2 is 1.22 bits per heavy atom. The van der Waals surface area contributed by atoms with E-state index in [-0.39, 0.29) is 18.9 Å². The lowest BCUT2D eigenvalue weighted by Crippen LogP contribution is -2.55. The average molecular weight is 644 g/mol. The van der Waals surface area contributed by atoms with Crippen molar-refractivity contribution >= 4 is 23.8 Å². The van der Waals surface area contributed by atoms with E-state index in [4.69, 9.17) is 20.4 Å². The molecule has 0 aliphatic carbocycles. The molecule has 0 fully saturated rings. The number of aryl methyl sites for hydroxylation is 1. The Kier molecular flexibility index (Phi) is 15.4. The fourth-order valence-electron chi connectivity index (χ4n) is 4.22. The number of carbonyl (C=O) groups excluding carboxylic acids is 3. The van der Waals surface area contributed by atoms with E-state index in [1.807, 2.05) is 105 Å². The summed E-state index contributed by atoms with van der Waals surface area (Å²) < 4.78 is 37.3.